The molecule has 1 aliphatic heterocycles. The molecule has 3 N–H and O–H groups in total. The zero-order valence-electron chi connectivity index (χ0n) is 22.3. The van der Waals surface area contributed by atoms with Crippen molar-refractivity contribution in [1.82, 2.24) is 35.1 Å². The highest BCUT2D eigenvalue weighted by Crippen LogP contribution is 2.23. The molecule has 4 heterocycles. The van der Waals surface area contributed by atoms with Crippen molar-refractivity contribution in [2.45, 2.75) is 20.3 Å². The van der Waals surface area contributed by atoms with Gasteiger partial charge in [-0.1, -0.05) is 19.9 Å². The van der Waals surface area contributed by atoms with Crippen LogP contribution in [0.15, 0.2) is 60.9 Å². The van der Waals surface area contributed by atoms with Gasteiger partial charge in [0.05, 0.1) is 11.4 Å². The second-order valence-corrected chi connectivity index (χ2v) is 8.60. The average molecular weight is 489 g/mol. The largest absolute Gasteiger partial charge is 0.358 e. The van der Waals surface area contributed by atoms with Crippen molar-refractivity contribution in [2.24, 2.45) is 0 Å². The predicted octanol–water partition coefficient (Wildman–Crippen LogP) is 4.42. The van der Waals surface area contributed by atoms with Crippen LogP contribution in [0.3, 0.4) is 0 Å². The fourth-order valence-electron chi connectivity index (χ4n) is 3.96. The minimum Gasteiger partial charge on any atom is -0.358 e. The van der Waals surface area contributed by atoms with Crippen LogP contribution in [0.2, 0.25) is 0 Å². The Morgan fingerprint density at radius 3 is 2.39 bits per heavy atom. The number of nitrogens with zero attached hydrogens (tertiary/aromatic N) is 5. The molecule has 36 heavy (non-hydrogen) atoms. The van der Waals surface area contributed by atoms with Crippen LogP contribution < -0.4 is 10.6 Å². The van der Waals surface area contributed by atoms with Gasteiger partial charge < -0.3 is 25.4 Å². The third-order valence-corrected chi connectivity index (χ3v) is 5.81. The summed E-state index contributed by atoms with van der Waals surface area (Å²) >= 11 is 0. The Kier molecular flexibility index (Phi) is 10.8. The number of fused-ring (bicyclic) bond motifs is 1. The van der Waals surface area contributed by atoms with Gasteiger partial charge in [-0.05, 0) is 63.6 Å². The van der Waals surface area contributed by atoms with Crippen molar-refractivity contribution in [2.75, 3.05) is 59.2 Å². The van der Waals surface area contributed by atoms with E-state index in [0.29, 0.717) is 5.95 Å². The van der Waals surface area contributed by atoms with Crippen molar-refractivity contribution in [3.63, 3.8) is 0 Å². The van der Waals surface area contributed by atoms with Crippen molar-refractivity contribution >= 4 is 22.5 Å². The maximum Gasteiger partial charge on any atom is 0.227 e. The summed E-state index contributed by atoms with van der Waals surface area (Å²) in [5.74, 6) is 0.563. The zero-order valence-corrected chi connectivity index (χ0v) is 22.3. The third-order valence-electron chi connectivity index (χ3n) is 5.81. The fraction of sp³-hybridized carbons (Fsp3) is 0.393. The summed E-state index contributed by atoms with van der Waals surface area (Å²) < 4.78 is 0. The number of aromatic amines is 1. The molecule has 1 saturated heterocycles. The molecule has 0 atom stereocenters. The number of aromatic nitrogens is 4. The first kappa shape index (κ1) is 27.3. The maximum atomic E-state index is 4.61. The molecule has 1 aliphatic rings. The number of H-pyrrole nitrogens is 1. The Balaban J connectivity index is 0.000000674. The molecule has 5 rings (SSSR count). The number of hydrogen-bond acceptors (Lipinski definition) is 7. The zero-order chi connectivity index (χ0) is 25.8. The lowest BCUT2D eigenvalue weighted by atomic mass is 10.2. The molecule has 8 heteroatoms. The van der Waals surface area contributed by atoms with Gasteiger partial charge in [0.2, 0.25) is 5.95 Å². The molecule has 8 nitrogen and oxygen atoms in total. The summed E-state index contributed by atoms with van der Waals surface area (Å²) in [7, 11) is 5.94. The smallest absolute Gasteiger partial charge is 0.227 e. The van der Waals surface area contributed by atoms with Crippen LogP contribution in [0.4, 0.5) is 11.6 Å². The second kappa shape index (κ2) is 14.3. The monoisotopic (exact) mass is 488 g/mol. The molecule has 0 spiro atoms. The number of anilines is 2. The summed E-state index contributed by atoms with van der Waals surface area (Å²) in [5.41, 5.74) is 5.03. The van der Waals surface area contributed by atoms with E-state index in [0.717, 1.165) is 61.7 Å². The van der Waals surface area contributed by atoms with Crippen molar-refractivity contribution < 1.29 is 0 Å². The lowest BCUT2D eigenvalue weighted by Gasteiger charge is -2.32. The lowest BCUT2D eigenvalue weighted by molar-refractivity contribution is 0.155. The average Bonchev–Trinajstić information content (AvgIpc) is 3.33. The molecule has 3 aromatic heterocycles. The Labute approximate surface area is 215 Å². The van der Waals surface area contributed by atoms with Crippen molar-refractivity contribution in [1.29, 1.82) is 0 Å². The number of benzene rings is 1. The number of nitrogens with one attached hydrogen (secondary N) is 3. The van der Waals surface area contributed by atoms with Gasteiger partial charge in [-0.25, -0.2) is 9.97 Å². The van der Waals surface area contributed by atoms with E-state index in [-0.39, 0.29) is 0 Å². The van der Waals surface area contributed by atoms with E-state index in [1.807, 2.05) is 52.2 Å². The van der Waals surface area contributed by atoms with E-state index in [4.69, 9.17) is 0 Å². The van der Waals surface area contributed by atoms with Gasteiger partial charge in [0.1, 0.15) is 0 Å². The maximum absolute atomic E-state index is 4.61. The number of pyridine rings is 1. The topological polar surface area (TPSA) is 85.0 Å². The minimum atomic E-state index is 0.563. The Bertz CT molecular complexity index is 1170. The summed E-state index contributed by atoms with van der Waals surface area (Å²) in [5, 5.41) is 7.27. The van der Waals surface area contributed by atoms with Crippen molar-refractivity contribution in [3.05, 3.63) is 66.6 Å². The van der Waals surface area contributed by atoms with Crippen LogP contribution in [0.1, 0.15) is 19.5 Å². The highest BCUT2D eigenvalue weighted by molar-refractivity contribution is 5.84. The van der Waals surface area contributed by atoms with Crippen LogP contribution in [-0.2, 0) is 6.42 Å². The van der Waals surface area contributed by atoms with Gasteiger partial charge in [-0.3, -0.25) is 4.98 Å². The van der Waals surface area contributed by atoms with Gasteiger partial charge in [-0.15, -0.1) is 0 Å². The molecule has 1 aromatic carbocycles. The number of hydrogen-bond donors (Lipinski definition) is 3. The predicted molar refractivity (Wildman–Crippen MR) is 151 cm³/mol. The number of rotatable bonds is 6. The molecular weight excluding hydrogens is 448 g/mol. The van der Waals surface area contributed by atoms with E-state index in [9.17, 15) is 0 Å². The molecule has 0 saturated carbocycles. The summed E-state index contributed by atoms with van der Waals surface area (Å²) in [4.78, 5) is 21.8. The van der Waals surface area contributed by atoms with E-state index < -0.39 is 0 Å². The SMILES string of the molecule is CC.CN1CCN(CCc2cc3cc(Nc4nccc(-c5ccccn5)n4)ccc3[nH]2)CC1.CNC. The highest BCUT2D eigenvalue weighted by atomic mass is 15.2. The lowest BCUT2D eigenvalue weighted by Crippen LogP contribution is -2.45. The van der Waals surface area contributed by atoms with E-state index in [1.165, 1.54) is 11.1 Å². The number of piperazine rings is 1. The summed E-state index contributed by atoms with van der Waals surface area (Å²) in [6.07, 6.45) is 4.56. The van der Waals surface area contributed by atoms with Crippen LogP contribution in [-0.4, -0.2) is 83.6 Å². The van der Waals surface area contributed by atoms with E-state index >= 15 is 0 Å². The Morgan fingerprint density at radius 2 is 1.67 bits per heavy atom. The van der Waals surface area contributed by atoms with E-state index in [2.05, 4.69) is 71.7 Å². The molecule has 0 amide bonds. The molecule has 0 radical (unpaired) electrons. The van der Waals surface area contributed by atoms with Crippen LogP contribution in [0.5, 0.6) is 0 Å². The van der Waals surface area contributed by atoms with Gasteiger partial charge >= 0.3 is 0 Å². The molecule has 0 bridgehead atoms. The Morgan fingerprint density at radius 1 is 0.889 bits per heavy atom. The Hall–Kier alpha value is -3.33. The summed E-state index contributed by atoms with van der Waals surface area (Å²) in [6.45, 7) is 9.72. The molecular formula is C28H40N8. The minimum absolute atomic E-state index is 0.563. The second-order valence-electron chi connectivity index (χ2n) is 8.60. The summed E-state index contributed by atoms with van der Waals surface area (Å²) in [6, 6.07) is 16.2. The van der Waals surface area contributed by atoms with Gasteiger partial charge in [0.15, 0.2) is 0 Å². The van der Waals surface area contributed by atoms with Crippen LogP contribution >= 0.6 is 0 Å². The molecule has 4 aromatic rings. The molecule has 0 unspecified atom stereocenters. The third kappa shape index (κ3) is 7.84. The van der Waals surface area contributed by atoms with Gasteiger partial charge in [0, 0.05) is 73.8 Å². The standard InChI is InChI=1S/C24H27N7.C2H7N.C2H6/c1-30-12-14-31(15-13-30)11-8-20-17-18-16-19(5-6-21(18)27-20)28-24-26-10-7-23(29-24)22-4-2-3-9-25-22;1-3-2;1-2/h2-7,9-10,16-17,27H,8,11-15H2,1H3,(H,26,28,29);3H,1-2H3;1-2H3. The van der Waals surface area contributed by atoms with Crippen LogP contribution in [0.25, 0.3) is 22.3 Å². The first-order valence-corrected chi connectivity index (χ1v) is 12.8. The molecule has 192 valence electrons. The van der Waals surface area contributed by atoms with Gasteiger partial charge in [0.25, 0.3) is 0 Å². The quantitative estimate of drug-likeness (QED) is 0.371. The normalized spacial score (nSPS) is 13.9. The molecule has 1 fully saturated rings. The highest BCUT2D eigenvalue weighted by Gasteiger charge is 2.14. The first-order valence-electron chi connectivity index (χ1n) is 12.8. The number of likely N-dealkylation sites (N-methyl/N-ethyl adjacent to an activating group) is 1. The van der Waals surface area contributed by atoms with Crippen molar-refractivity contribution in [3.8, 4) is 11.4 Å². The first-order chi connectivity index (χ1) is 17.6. The fourth-order valence-corrected chi connectivity index (χ4v) is 3.96. The van der Waals surface area contributed by atoms with Gasteiger partial charge in [-0.2, -0.15) is 0 Å². The van der Waals surface area contributed by atoms with E-state index in [1.54, 1.807) is 12.4 Å². The van der Waals surface area contributed by atoms with Crippen LogP contribution in [0, 0.1) is 0 Å². The molecule has 0 aliphatic carbocycles.